The highest BCUT2D eigenvalue weighted by Gasteiger charge is 2.44. The summed E-state index contributed by atoms with van der Waals surface area (Å²) in [5, 5.41) is 9.27. The maximum atomic E-state index is 11.3. The maximum absolute atomic E-state index is 11.3. The number of aromatic carboxylic acids is 1. The summed E-state index contributed by atoms with van der Waals surface area (Å²) in [7, 11) is 0. The number of nitrogens with zero attached hydrogens (tertiary/aromatic N) is 6. The third-order valence-electron chi connectivity index (χ3n) is 8.26. The number of hydrogen-bond acceptors (Lipinski definition) is 7. The lowest BCUT2D eigenvalue weighted by Gasteiger charge is -2.37. The molecule has 0 spiro atoms. The van der Waals surface area contributed by atoms with Gasteiger partial charge in [-0.3, -0.25) is 4.90 Å². The Morgan fingerprint density at radius 3 is 2.49 bits per heavy atom. The number of fused-ring (bicyclic) bond motifs is 1. The predicted octanol–water partition coefficient (Wildman–Crippen LogP) is 4.07. The van der Waals surface area contributed by atoms with Gasteiger partial charge in [0.15, 0.2) is 0 Å². The van der Waals surface area contributed by atoms with Gasteiger partial charge >= 0.3 is 5.97 Å². The van der Waals surface area contributed by atoms with Crippen LogP contribution in [0.1, 0.15) is 47.4 Å². The van der Waals surface area contributed by atoms with Gasteiger partial charge in [-0.15, -0.1) is 0 Å². The summed E-state index contributed by atoms with van der Waals surface area (Å²) in [4.78, 5) is 33.4. The van der Waals surface area contributed by atoms with E-state index in [0.29, 0.717) is 17.9 Å². The van der Waals surface area contributed by atoms with Gasteiger partial charge in [0.2, 0.25) is 0 Å². The fourth-order valence-electron chi connectivity index (χ4n) is 6.46. The molecule has 3 atom stereocenters. The zero-order chi connectivity index (χ0) is 25.5. The lowest BCUT2D eigenvalue weighted by molar-refractivity contribution is 0.0696. The number of piperazine rings is 1. The molecule has 2 aromatic heterocycles. The molecular weight excluding hydrogens is 464 g/mol. The SMILES string of the molecule is Cc1cc(C(=O)O)cnc1N1CCN(c2cc(-c3ccccc3)nc(C3C(C)CN4CCCC34)n2)CC1. The summed E-state index contributed by atoms with van der Waals surface area (Å²) in [6, 6.07) is 14.8. The molecule has 0 bridgehead atoms. The Labute approximate surface area is 218 Å². The van der Waals surface area contributed by atoms with E-state index in [-0.39, 0.29) is 5.56 Å². The van der Waals surface area contributed by atoms with E-state index in [4.69, 9.17) is 9.97 Å². The average Bonchev–Trinajstić information content (AvgIpc) is 3.49. The molecule has 0 amide bonds. The molecule has 3 aliphatic rings. The fourth-order valence-corrected chi connectivity index (χ4v) is 6.46. The summed E-state index contributed by atoms with van der Waals surface area (Å²) in [5.41, 5.74) is 3.23. The third-order valence-corrected chi connectivity index (χ3v) is 8.26. The molecule has 8 nitrogen and oxygen atoms in total. The largest absolute Gasteiger partial charge is 0.478 e. The van der Waals surface area contributed by atoms with Crippen molar-refractivity contribution < 1.29 is 9.90 Å². The highest BCUT2D eigenvalue weighted by Crippen LogP contribution is 2.42. The molecule has 192 valence electrons. The average molecular weight is 499 g/mol. The van der Waals surface area contributed by atoms with Crippen LogP contribution in [0.15, 0.2) is 48.7 Å². The Kier molecular flexibility index (Phi) is 6.28. The number of carboxylic acid groups (broad SMARTS) is 1. The van der Waals surface area contributed by atoms with Crippen molar-refractivity contribution in [3.63, 3.8) is 0 Å². The van der Waals surface area contributed by atoms with Crippen LogP contribution in [0.4, 0.5) is 11.6 Å². The van der Waals surface area contributed by atoms with E-state index in [1.807, 2.05) is 13.0 Å². The number of rotatable bonds is 5. The van der Waals surface area contributed by atoms with Crippen molar-refractivity contribution in [1.29, 1.82) is 0 Å². The van der Waals surface area contributed by atoms with Crippen molar-refractivity contribution in [2.45, 2.75) is 38.6 Å². The van der Waals surface area contributed by atoms with Crippen LogP contribution >= 0.6 is 0 Å². The molecule has 0 radical (unpaired) electrons. The van der Waals surface area contributed by atoms with Gasteiger partial charge in [0, 0.05) is 62.5 Å². The van der Waals surface area contributed by atoms with Gasteiger partial charge in [-0.1, -0.05) is 37.3 Å². The smallest absolute Gasteiger partial charge is 0.337 e. The first-order valence-electron chi connectivity index (χ1n) is 13.4. The summed E-state index contributed by atoms with van der Waals surface area (Å²) < 4.78 is 0. The summed E-state index contributed by atoms with van der Waals surface area (Å²) >= 11 is 0. The van der Waals surface area contributed by atoms with E-state index in [9.17, 15) is 9.90 Å². The van der Waals surface area contributed by atoms with E-state index >= 15 is 0 Å². The van der Waals surface area contributed by atoms with Crippen molar-refractivity contribution in [1.82, 2.24) is 19.9 Å². The van der Waals surface area contributed by atoms with Crippen LogP contribution in [-0.2, 0) is 0 Å². The molecular formula is C29H34N6O2. The number of carbonyl (C=O) groups is 1. The van der Waals surface area contributed by atoms with E-state index in [1.165, 1.54) is 25.6 Å². The van der Waals surface area contributed by atoms with Gasteiger partial charge in [-0.05, 0) is 43.9 Å². The number of benzene rings is 1. The molecule has 1 N–H and O–H groups in total. The summed E-state index contributed by atoms with van der Waals surface area (Å²) in [5.74, 6) is 2.81. The third kappa shape index (κ3) is 4.55. The second-order valence-electron chi connectivity index (χ2n) is 10.7. The molecule has 3 aliphatic heterocycles. The zero-order valence-electron chi connectivity index (χ0n) is 21.5. The molecule has 0 aliphatic carbocycles. The Morgan fingerprint density at radius 1 is 1.00 bits per heavy atom. The van der Waals surface area contributed by atoms with Gasteiger partial charge < -0.3 is 14.9 Å². The molecule has 3 unspecified atom stereocenters. The normalized spacial score (nSPS) is 23.9. The van der Waals surface area contributed by atoms with E-state index in [1.54, 1.807) is 6.07 Å². The number of pyridine rings is 1. The highest BCUT2D eigenvalue weighted by molar-refractivity contribution is 5.87. The first kappa shape index (κ1) is 23.9. The minimum absolute atomic E-state index is 0.226. The van der Waals surface area contributed by atoms with Crippen LogP contribution in [0.5, 0.6) is 0 Å². The second-order valence-corrected chi connectivity index (χ2v) is 10.7. The molecule has 5 heterocycles. The van der Waals surface area contributed by atoms with Crippen LogP contribution in [-0.4, -0.2) is 76.2 Å². The molecule has 6 rings (SSSR count). The van der Waals surface area contributed by atoms with Crippen molar-refractivity contribution in [2.24, 2.45) is 5.92 Å². The fraction of sp³-hybridized carbons (Fsp3) is 0.448. The summed E-state index contributed by atoms with van der Waals surface area (Å²) in [6.07, 6.45) is 3.95. The standard InChI is InChI=1S/C29H34N6O2/c1-19-15-22(29(36)37)17-30-28(19)34-13-11-33(12-14-34)25-16-23(21-7-4-3-5-8-21)31-27(32-25)26-20(2)18-35-10-6-9-24(26)35/h3-5,7-8,15-17,20,24,26H,6,9-14,18H2,1-2H3,(H,36,37). The number of hydrogen-bond donors (Lipinski definition) is 1. The van der Waals surface area contributed by atoms with Crippen LogP contribution in [0, 0.1) is 12.8 Å². The Morgan fingerprint density at radius 2 is 1.76 bits per heavy atom. The quantitative estimate of drug-likeness (QED) is 0.564. The molecule has 0 saturated carbocycles. The Bertz CT molecular complexity index is 1290. The minimum Gasteiger partial charge on any atom is -0.478 e. The molecule has 3 aromatic rings. The number of aryl methyl sites for hydroxylation is 1. The number of anilines is 2. The molecule has 3 fully saturated rings. The van der Waals surface area contributed by atoms with Crippen LogP contribution in [0.3, 0.4) is 0 Å². The van der Waals surface area contributed by atoms with Crippen LogP contribution < -0.4 is 9.80 Å². The minimum atomic E-state index is -0.946. The first-order valence-corrected chi connectivity index (χ1v) is 13.4. The van der Waals surface area contributed by atoms with Crippen LogP contribution in [0.2, 0.25) is 0 Å². The summed E-state index contributed by atoms with van der Waals surface area (Å²) in [6.45, 7) is 9.86. The lowest BCUT2D eigenvalue weighted by Crippen LogP contribution is -2.47. The van der Waals surface area contributed by atoms with Gasteiger partial charge in [0.25, 0.3) is 0 Å². The van der Waals surface area contributed by atoms with Crippen molar-refractivity contribution in [2.75, 3.05) is 49.1 Å². The highest BCUT2D eigenvalue weighted by atomic mass is 16.4. The van der Waals surface area contributed by atoms with Crippen LogP contribution in [0.25, 0.3) is 11.3 Å². The number of aromatic nitrogens is 3. The lowest BCUT2D eigenvalue weighted by atomic mass is 9.89. The van der Waals surface area contributed by atoms with Gasteiger partial charge in [-0.25, -0.2) is 19.7 Å². The van der Waals surface area contributed by atoms with Crippen molar-refractivity contribution >= 4 is 17.6 Å². The van der Waals surface area contributed by atoms with Gasteiger partial charge in [0.05, 0.1) is 11.3 Å². The van der Waals surface area contributed by atoms with E-state index < -0.39 is 5.97 Å². The first-order chi connectivity index (χ1) is 18.0. The van der Waals surface area contributed by atoms with Gasteiger partial charge in [-0.2, -0.15) is 0 Å². The Balaban J connectivity index is 1.28. The van der Waals surface area contributed by atoms with E-state index in [2.05, 4.69) is 56.9 Å². The Hall–Kier alpha value is -3.52. The van der Waals surface area contributed by atoms with E-state index in [0.717, 1.165) is 67.0 Å². The number of carboxylic acids is 1. The van der Waals surface area contributed by atoms with Crippen molar-refractivity contribution in [3.05, 3.63) is 65.6 Å². The van der Waals surface area contributed by atoms with Gasteiger partial charge in [0.1, 0.15) is 17.5 Å². The molecule has 8 heteroatoms. The predicted molar refractivity (Wildman–Crippen MR) is 144 cm³/mol. The second kappa shape index (κ2) is 9.74. The monoisotopic (exact) mass is 498 g/mol. The maximum Gasteiger partial charge on any atom is 0.337 e. The molecule has 1 aromatic carbocycles. The molecule has 37 heavy (non-hydrogen) atoms. The zero-order valence-corrected chi connectivity index (χ0v) is 21.5. The molecule has 3 saturated heterocycles. The van der Waals surface area contributed by atoms with Crippen molar-refractivity contribution in [3.8, 4) is 11.3 Å². The topological polar surface area (TPSA) is 85.7 Å².